The van der Waals surface area contributed by atoms with Gasteiger partial charge in [0.15, 0.2) is 0 Å². The second-order valence-corrected chi connectivity index (χ2v) is 8.08. The third-order valence-electron chi connectivity index (χ3n) is 6.24. The second kappa shape index (κ2) is 8.64. The van der Waals surface area contributed by atoms with Gasteiger partial charge in [-0.25, -0.2) is 4.79 Å². The van der Waals surface area contributed by atoms with E-state index < -0.39 is 5.63 Å². The minimum atomic E-state index is -0.435. The van der Waals surface area contributed by atoms with Crippen molar-refractivity contribution in [2.45, 2.75) is 19.5 Å². The molecule has 0 amide bonds. The average Bonchev–Trinajstić information content (AvgIpc) is 2.87. The van der Waals surface area contributed by atoms with Crippen LogP contribution in [0.15, 0.2) is 75.9 Å². The number of hydrogen-bond donors (Lipinski definition) is 0. The highest BCUT2D eigenvalue weighted by Gasteiger charge is 2.26. The standard InChI is InChI=1S/C27H25NO5/c1-17(18-7-5-4-6-8-18)28-15-23-25(32-16-28)11-9-19-13-22(27(29)33-26(19)23)21-14-20(30-2)10-12-24(21)31-3/h4-14,17H,15-16H2,1-3H3. The summed E-state index contributed by atoms with van der Waals surface area (Å²) in [6.45, 7) is 3.24. The van der Waals surface area contributed by atoms with E-state index in [9.17, 15) is 4.79 Å². The Labute approximate surface area is 191 Å². The Morgan fingerprint density at radius 3 is 2.52 bits per heavy atom. The highest BCUT2D eigenvalue weighted by molar-refractivity contribution is 5.87. The van der Waals surface area contributed by atoms with Gasteiger partial charge in [0.2, 0.25) is 0 Å². The van der Waals surface area contributed by atoms with Crippen molar-refractivity contribution in [1.29, 1.82) is 0 Å². The summed E-state index contributed by atoms with van der Waals surface area (Å²) in [7, 11) is 3.16. The lowest BCUT2D eigenvalue weighted by Crippen LogP contribution is -2.34. The van der Waals surface area contributed by atoms with Gasteiger partial charge in [-0.3, -0.25) is 4.90 Å². The molecule has 4 aromatic rings. The molecular weight excluding hydrogens is 418 g/mol. The van der Waals surface area contributed by atoms with Crippen molar-refractivity contribution in [3.05, 3.63) is 88.3 Å². The SMILES string of the molecule is COc1ccc(OC)c(-c2cc3ccc4c(c3oc2=O)CN(C(C)c2ccccc2)CO4)c1. The average molecular weight is 443 g/mol. The Bertz CT molecular complexity index is 1360. The van der Waals surface area contributed by atoms with E-state index in [1.807, 2.05) is 36.4 Å². The molecule has 1 aromatic heterocycles. The van der Waals surface area contributed by atoms with Crippen LogP contribution < -0.4 is 19.8 Å². The molecule has 0 aliphatic carbocycles. The maximum atomic E-state index is 13.1. The van der Waals surface area contributed by atoms with Crippen molar-refractivity contribution >= 4 is 11.0 Å². The summed E-state index contributed by atoms with van der Waals surface area (Å²) < 4.78 is 22.7. The summed E-state index contributed by atoms with van der Waals surface area (Å²) in [5.74, 6) is 1.95. The third-order valence-corrected chi connectivity index (χ3v) is 6.24. The lowest BCUT2D eigenvalue weighted by molar-refractivity contribution is 0.0620. The number of rotatable bonds is 5. The van der Waals surface area contributed by atoms with Gasteiger partial charge in [-0.05, 0) is 48.9 Å². The molecule has 2 heterocycles. The highest BCUT2D eigenvalue weighted by Crippen LogP contribution is 2.37. The molecule has 1 atom stereocenters. The Hall–Kier alpha value is -3.77. The van der Waals surface area contributed by atoms with Gasteiger partial charge in [-0.1, -0.05) is 30.3 Å². The predicted molar refractivity (Wildman–Crippen MR) is 127 cm³/mol. The van der Waals surface area contributed by atoms with E-state index in [-0.39, 0.29) is 6.04 Å². The zero-order valence-electron chi connectivity index (χ0n) is 18.8. The highest BCUT2D eigenvalue weighted by atomic mass is 16.5. The molecule has 0 N–H and O–H groups in total. The molecule has 6 nitrogen and oxygen atoms in total. The second-order valence-electron chi connectivity index (χ2n) is 8.08. The van der Waals surface area contributed by atoms with Crippen LogP contribution in [-0.4, -0.2) is 25.9 Å². The molecule has 1 aliphatic heterocycles. The molecule has 0 saturated carbocycles. The fourth-order valence-corrected chi connectivity index (χ4v) is 4.31. The topological polar surface area (TPSA) is 61.1 Å². The number of methoxy groups -OCH3 is 2. The molecular formula is C27H25NO5. The minimum absolute atomic E-state index is 0.154. The van der Waals surface area contributed by atoms with Gasteiger partial charge in [0, 0.05) is 23.5 Å². The van der Waals surface area contributed by atoms with E-state index in [1.165, 1.54) is 5.56 Å². The van der Waals surface area contributed by atoms with Crippen molar-refractivity contribution in [3.63, 3.8) is 0 Å². The van der Waals surface area contributed by atoms with Crippen molar-refractivity contribution < 1.29 is 18.6 Å². The van der Waals surface area contributed by atoms with Crippen LogP contribution in [0.1, 0.15) is 24.1 Å². The Morgan fingerprint density at radius 1 is 0.939 bits per heavy atom. The molecule has 0 saturated heterocycles. The van der Waals surface area contributed by atoms with Gasteiger partial charge in [0.1, 0.15) is 29.6 Å². The van der Waals surface area contributed by atoms with Gasteiger partial charge in [-0.15, -0.1) is 0 Å². The maximum absolute atomic E-state index is 13.1. The summed E-state index contributed by atoms with van der Waals surface area (Å²) >= 11 is 0. The lowest BCUT2D eigenvalue weighted by Gasteiger charge is -2.34. The zero-order valence-corrected chi connectivity index (χ0v) is 18.8. The van der Waals surface area contributed by atoms with Crippen molar-refractivity contribution in [2.75, 3.05) is 21.0 Å². The van der Waals surface area contributed by atoms with Crippen LogP contribution in [0.25, 0.3) is 22.1 Å². The van der Waals surface area contributed by atoms with Crippen LogP contribution in [-0.2, 0) is 6.54 Å². The fourth-order valence-electron chi connectivity index (χ4n) is 4.31. The Kier molecular flexibility index (Phi) is 5.52. The van der Waals surface area contributed by atoms with E-state index in [0.717, 1.165) is 16.7 Å². The maximum Gasteiger partial charge on any atom is 0.344 e. The summed E-state index contributed by atoms with van der Waals surface area (Å²) in [5, 5.41) is 0.825. The van der Waals surface area contributed by atoms with Crippen LogP contribution in [0.5, 0.6) is 17.2 Å². The number of benzene rings is 3. The van der Waals surface area contributed by atoms with Crippen molar-refractivity contribution in [3.8, 4) is 28.4 Å². The van der Waals surface area contributed by atoms with Gasteiger partial charge < -0.3 is 18.6 Å². The van der Waals surface area contributed by atoms with Gasteiger partial charge in [0.05, 0.1) is 25.3 Å². The predicted octanol–water partition coefficient (Wildman–Crippen LogP) is 5.39. The molecule has 33 heavy (non-hydrogen) atoms. The van der Waals surface area contributed by atoms with Crippen LogP contribution in [0.3, 0.4) is 0 Å². The summed E-state index contributed by atoms with van der Waals surface area (Å²) in [6.07, 6.45) is 0. The van der Waals surface area contributed by atoms with Crippen molar-refractivity contribution in [1.82, 2.24) is 4.90 Å². The molecule has 5 rings (SSSR count). The molecule has 0 spiro atoms. The number of hydrogen-bond acceptors (Lipinski definition) is 6. The van der Waals surface area contributed by atoms with Gasteiger partial charge >= 0.3 is 5.63 Å². The molecule has 1 unspecified atom stereocenters. The van der Waals surface area contributed by atoms with Gasteiger partial charge in [0.25, 0.3) is 0 Å². The monoisotopic (exact) mass is 443 g/mol. The summed E-state index contributed by atoms with van der Waals surface area (Å²) in [6, 6.07) is 21.5. The third kappa shape index (κ3) is 3.83. The van der Waals surface area contributed by atoms with E-state index in [4.69, 9.17) is 18.6 Å². The Morgan fingerprint density at radius 2 is 1.76 bits per heavy atom. The van der Waals surface area contributed by atoms with Crippen LogP contribution in [0.2, 0.25) is 0 Å². The largest absolute Gasteiger partial charge is 0.497 e. The number of nitrogens with zero attached hydrogens (tertiary/aromatic N) is 1. The Balaban J connectivity index is 1.57. The smallest absolute Gasteiger partial charge is 0.344 e. The quantitative estimate of drug-likeness (QED) is 0.386. The van der Waals surface area contributed by atoms with E-state index in [1.54, 1.807) is 32.4 Å². The molecule has 3 aromatic carbocycles. The number of ether oxygens (including phenoxy) is 3. The zero-order chi connectivity index (χ0) is 22.9. The minimum Gasteiger partial charge on any atom is -0.497 e. The first-order valence-electron chi connectivity index (χ1n) is 10.8. The van der Waals surface area contributed by atoms with Crippen LogP contribution in [0.4, 0.5) is 0 Å². The molecule has 168 valence electrons. The van der Waals surface area contributed by atoms with E-state index >= 15 is 0 Å². The molecule has 6 heteroatoms. The normalized spacial score (nSPS) is 14.4. The number of fused-ring (bicyclic) bond motifs is 3. The van der Waals surface area contributed by atoms with Gasteiger partial charge in [-0.2, -0.15) is 0 Å². The molecule has 0 fully saturated rings. The first-order chi connectivity index (χ1) is 16.1. The molecule has 0 bridgehead atoms. The van der Waals surface area contributed by atoms with Crippen LogP contribution >= 0.6 is 0 Å². The fraction of sp³-hybridized carbons (Fsp3) is 0.222. The first-order valence-corrected chi connectivity index (χ1v) is 10.8. The molecule has 0 radical (unpaired) electrons. The first kappa shape index (κ1) is 21.1. The van der Waals surface area contributed by atoms with E-state index in [0.29, 0.717) is 41.5 Å². The lowest BCUT2D eigenvalue weighted by atomic mass is 10.0. The van der Waals surface area contributed by atoms with Crippen LogP contribution in [0, 0.1) is 0 Å². The van der Waals surface area contributed by atoms with Crippen molar-refractivity contribution in [2.24, 2.45) is 0 Å². The summed E-state index contributed by atoms with van der Waals surface area (Å²) in [4.78, 5) is 15.3. The van der Waals surface area contributed by atoms with E-state index in [2.05, 4.69) is 24.0 Å². The summed E-state index contributed by atoms with van der Waals surface area (Å²) in [5.41, 5.74) is 3.25. The molecule has 1 aliphatic rings.